The molecule has 0 bridgehead atoms. The number of carbonyl (C=O) groups is 2. The Bertz CT molecular complexity index is 850. The molecule has 0 saturated carbocycles. The number of imide groups is 1. The molecule has 2 aromatic rings. The van der Waals surface area contributed by atoms with Crippen molar-refractivity contribution in [3.05, 3.63) is 35.7 Å². The summed E-state index contributed by atoms with van der Waals surface area (Å²) in [4.78, 5) is 24.5. The fourth-order valence-corrected chi connectivity index (χ4v) is 4.01. The maximum absolute atomic E-state index is 11.6. The third kappa shape index (κ3) is 5.75. The first-order chi connectivity index (χ1) is 14.5. The van der Waals surface area contributed by atoms with Gasteiger partial charge in [-0.15, -0.1) is 10.2 Å². The minimum atomic E-state index is -0.306. The molecule has 0 atom stereocenters. The molecular formula is C21H29N5O3S. The fourth-order valence-electron chi connectivity index (χ4n) is 3.12. The van der Waals surface area contributed by atoms with Crippen molar-refractivity contribution in [3.8, 4) is 5.75 Å². The van der Waals surface area contributed by atoms with E-state index in [1.165, 1.54) is 10.5 Å². The van der Waals surface area contributed by atoms with Crippen molar-refractivity contribution in [1.82, 2.24) is 25.0 Å². The van der Waals surface area contributed by atoms with Gasteiger partial charge in [0.2, 0.25) is 5.91 Å². The SMILES string of the molecule is CCc1ccc(OCc2nnc(SCCCN3C(=O)CNC3=O)n2CC(C)C)cc1. The van der Waals surface area contributed by atoms with Crippen molar-refractivity contribution in [1.29, 1.82) is 0 Å². The Kier molecular flexibility index (Phi) is 7.73. The number of aromatic nitrogens is 3. The van der Waals surface area contributed by atoms with Gasteiger partial charge in [0.1, 0.15) is 12.4 Å². The lowest BCUT2D eigenvalue weighted by Gasteiger charge is -2.14. The second-order valence-electron chi connectivity index (χ2n) is 7.60. The molecule has 0 aliphatic carbocycles. The Morgan fingerprint density at radius 2 is 1.97 bits per heavy atom. The van der Waals surface area contributed by atoms with Crippen LogP contribution in [0.25, 0.3) is 0 Å². The summed E-state index contributed by atoms with van der Waals surface area (Å²) in [5.74, 6) is 2.62. The van der Waals surface area contributed by atoms with Crippen LogP contribution in [0.4, 0.5) is 4.79 Å². The average Bonchev–Trinajstić information content (AvgIpc) is 3.26. The molecule has 1 N–H and O–H groups in total. The summed E-state index contributed by atoms with van der Waals surface area (Å²) in [5, 5.41) is 12.1. The zero-order chi connectivity index (χ0) is 21.5. The second kappa shape index (κ2) is 10.5. The normalized spacial score (nSPS) is 13.9. The number of ether oxygens (including phenoxy) is 1. The Morgan fingerprint density at radius 3 is 2.60 bits per heavy atom. The summed E-state index contributed by atoms with van der Waals surface area (Å²) < 4.78 is 8.02. The lowest BCUT2D eigenvalue weighted by Crippen LogP contribution is -2.32. The summed E-state index contributed by atoms with van der Waals surface area (Å²) in [6, 6.07) is 7.79. The van der Waals surface area contributed by atoms with Crippen LogP contribution in [0.3, 0.4) is 0 Å². The van der Waals surface area contributed by atoms with Crippen LogP contribution in [0, 0.1) is 5.92 Å². The smallest absolute Gasteiger partial charge is 0.324 e. The number of carbonyl (C=O) groups excluding carboxylic acids is 2. The minimum absolute atomic E-state index is 0.0965. The number of rotatable bonds is 11. The second-order valence-corrected chi connectivity index (χ2v) is 8.66. The Hall–Kier alpha value is -2.55. The lowest BCUT2D eigenvalue weighted by molar-refractivity contribution is -0.124. The Morgan fingerprint density at radius 1 is 1.20 bits per heavy atom. The monoisotopic (exact) mass is 431 g/mol. The third-order valence-corrected chi connectivity index (χ3v) is 5.79. The molecule has 1 fully saturated rings. The van der Waals surface area contributed by atoms with E-state index in [1.54, 1.807) is 11.8 Å². The predicted molar refractivity (Wildman–Crippen MR) is 115 cm³/mol. The first kappa shape index (κ1) is 22.1. The molecular weight excluding hydrogens is 402 g/mol. The summed E-state index contributed by atoms with van der Waals surface area (Å²) in [5.41, 5.74) is 1.28. The maximum Gasteiger partial charge on any atom is 0.324 e. The number of nitrogens with zero attached hydrogens (tertiary/aromatic N) is 4. The Balaban J connectivity index is 1.56. The Labute approximate surface area is 181 Å². The number of thioether (sulfide) groups is 1. The van der Waals surface area contributed by atoms with Gasteiger partial charge in [-0.25, -0.2) is 4.79 Å². The van der Waals surface area contributed by atoms with Crippen molar-refractivity contribution < 1.29 is 14.3 Å². The lowest BCUT2D eigenvalue weighted by atomic mass is 10.2. The van der Waals surface area contributed by atoms with Crippen LogP contribution in [-0.4, -0.2) is 50.4 Å². The van der Waals surface area contributed by atoms with Gasteiger partial charge in [0.15, 0.2) is 11.0 Å². The van der Waals surface area contributed by atoms with E-state index in [9.17, 15) is 9.59 Å². The van der Waals surface area contributed by atoms with Crippen LogP contribution in [0.2, 0.25) is 0 Å². The molecule has 1 aliphatic heterocycles. The van der Waals surface area contributed by atoms with Gasteiger partial charge < -0.3 is 14.6 Å². The van der Waals surface area contributed by atoms with E-state index in [4.69, 9.17) is 4.74 Å². The van der Waals surface area contributed by atoms with Gasteiger partial charge in [0.05, 0.1) is 6.54 Å². The third-order valence-electron chi connectivity index (χ3n) is 4.73. The van der Waals surface area contributed by atoms with Crippen LogP contribution in [0.5, 0.6) is 5.75 Å². The minimum Gasteiger partial charge on any atom is -0.486 e. The summed E-state index contributed by atoms with van der Waals surface area (Å²) in [6.45, 7) is 8.10. The van der Waals surface area contributed by atoms with Gasteiger partial charge in [-0.1, -0.05) is 44.7 Å². The van der Waals surface area contributed by atoms with E-state index in [-0.39, 0.29) is 18.5 Å². The number of benzene rings is 1. The summed E-state index contributed by atoms with van der Waals surface area (Å²) in [7, 11) is 0. The average molecular weight is 432 g/mol. The topological polar surface area (TPSA) is 89.4 Å². The van der Waals surface area contributed by atoms with Crippen molar-refractivity contribution in [2.75, 3.05) is 18.8 Å². The van der Waals surface area contributed by atoms with Crippen LogP contribution >= 0.6 is 11.8 Å². The van der Waals surface area contributed by atoms with E-state index in [2.05, 4.69) is 53.0 Å². The number of nitrogens with one attached hydrogen (secondary N) is 1. The molecule has 9 heteroatoms. The summed E-state index contributed by atoms with van der Waals surface area (Å²) >= 11 is 1.59. The van der Waals surface area contributed by atoms with Gasteiger partial charge in [-0.2, -0.15) is 0 Å². The quantitative estimate of drug-likeness (QED) is 0.334. The van der Waals surface area contributed by atoms with E-state index in [1.807, 2.05) is 12.1 Å². The highest BCUT2D eigenvalue weighted by Crippen LogP contribution is 2.21. The zero-order valence-electron chi connectivity index (χ0n) is 17.8. The maximum atomic E-state index is 11.6. The molecule has 1 aromatic heterocycles. The number of aryl methyl sites for hydroxylation is 1. The van der Waals surface area contributed by atoms with Gasteiger partial charge in [-0.3, -0.25) is 9.69 Å². The van der Waals surface area contributed by atoms with Crippen LogP contribution in [0.1, 0.15) is 38.6 Å². The molecule has 1 saturated heterocycles. The largest absolute Gasteiger partial charge is 0.486 e. The fraction of sp³-hybridized carbons (Fsp3) is 0.524. The van der Waals surface area contributed by atoms with Crippen molar-refractivity contribution in [2.24, 2.45) is 5.92 Å². The first-order valence-corrected chi connectivity index (χ1v) is 11.3. The van der Waals surface area contributed by atoms with E-state index in [0.29, 0.717) is 25.5 Å². The van der Waals surface area contributed by atoms with Crippen LogP contribution in [-0.2, 0) is 24.4 Å². The van der Waals surface area contributed by atoms with Crippen molar-refractivity contribution in [2.45, 2.75) is 51.9 Å². The molecule has 3 rings (SSSR count). The highest BCUT2D eigenvalue weighted by atomic mass is 32.2. The summed E-state index contributed by atoms with van der Waals surface area (Å²) in [6.07, 6.45) is 1.70. The first-order valence-electron chi connectivity index (χ1n) is 10.3. The molecule has 2 heterocycles. The van der Waals surface area contributed by atoms with Gasteiger partial charge in [0, 0.05) is 18.8 Å². The molecule has 3 amide bonds. The zero-order valence-corrected chi connectivity index (χ0v) is 18.6. The van der Waals surface area contributed by atoms with E-state index < -0.39 is 0 Å². The van der Waals surface area contributed by atoms with Gasteiger partial charge in [-0.05, 0) is 36.5 Å². The number of amides is 3. The number of urea groups is 1. The molecule has 1 aliphatic rings. The number of hydrogen-bond acceptors (Lipinski definition) is 6. The van der Waals surface area contributed by atoms with Crippen molar-refractivity contribution >= 4 is 23.7 Å². The molecule has 30 heavy (non-hydrogen) atoms. The molecule has 8 nitrogen and oxygen atoms in total. The van der Waals surface area contributed by atoms with E-state index in [0.717, 1.165) is 35.4 Å². The van der Waals surface area contributed by atoms with Crippen LogP contribution in [0.15, 0.2) is 29.4 Å². The molecule has 0 radical (unpaired) electrons. The molecule has 0 unspecified atom stereocenters. The standard InChI is InChI=1S/C21H29N5O3S/c1-4-16-6-8-17(9-7-16)29-14-18-23-24-21(26(18)13-15(2)3)30-11-5-10-25-19(27)12-22-20(25)28/h6-9,15H,4-5,10-14H2,1-3H3,(H,22,28). The predicted octanol–water partition coefficient (Wildman–Crippen LogP) is 3.11. The molecule has 1 aromatic carbocycles. The van der Waals surface area contributed by atoms with Crippen molar-refractivity contribution in [3.63, 3.8) is 0 Å². The molecule has 162 valence electrons. The number of hydrogen-bond donors (Lipinski definition) is 1. The van der Waals surface area contributed by atoms with E-state index >= 15 is 0 Å². The molecule has 0 spiro atoms. The van der Waals surface area contributed by atoms with Gasteiger partial charge >= 0.3 is 6.03 Å². The highest BCUT2D eigenvalue weighted by molar-refractivity contribution is 7.99. The van der Waals surface area contributed by atoms with Crippen LogP contribution < -0.4 is 10.1 Å². The van der Waals surface area contributed by atoms with Gasteiger partial charge in [0.25, 0.3) is 0 Å². The highest BCUT2D eigenvalue weighted by Gasteiger charge is 2.27.